The van der Waals surface area contributed by atoms with Gasteiger partial charge in [-0.05, 0) is 54.2 Å². The van der Waals surface area contributed by atoms with Gasteiger partial charge in [-0.25, -0.2) is 0 Å². The summed E-state index contributed by atoms with van der Waals surface area (Å²) in [7, 11) is 0. The van der Waals surface area contributed by atoms with Gasteiger partial charge in [-0.2, -0.15) is 0 Å². The van der Waals surface area contributed by atoms with E-state index in [4.69, 9.17) is 35.4 Å². The molecule has 3 aromatic carbocycles. The number of rotatable bonds is 5. The lowest BCUT2D eigenvalue weighted by atomic mass is 10.1. The topological polar surface area (TPSA) is 70.2 Å². The number of hydrogen-bond donors (Lipinski definition) is 3. The number of anilines is 2. The first-order chi connectivity index (χ1) is 14.4. The zero-order valence-electron chi connectivity index (χ0n) is 15.6. The predicted molar refractivity (Wildman–Crippen MR) is 125 cm³/mol. The number of thiocarbonyl (C=S) groups is 1. The Balaban J connectivity index is 1.58. The van der Waals surface area contributed by atoms with E-state index in [0.29, 0.717) is 16.4 Å². The zero-order valence-corrected chi connectivity index (χ0v) is 17.9. The van der Waals surface area contributed by atoms with Crippen LogP contribution >= 0.6 is 35.4 Å². The maximum atomic E-state index is 12.3. The Morgan fingerprint density at radius 2 is 1.53 bits per heavy atom. The van der Waals surface area contributed by atoms with Crippen molar-refractivity contribution in [2.24, 2.45) is 0 Å². The lowest BCUT2D eigenvalue weighted by Gasteiger charge is -2.12. The molecule has 0 saturated carbocycles. The highest BCUT2D eigenvalue weighted by Crippen LogP contribution is 2.21. The van der Waals surface area contributed by atoms with Crippen LogP contribution in [0.15, 0.2) is 72.8 Å². The molecular weight excluding hydrogens is 441 g/mol. The van der Waals surface area contributed by atoms with Crippen molar-refractivity contribution in [3.05, 3.63) is 94.0 Å². The monoisotopic (exact) mass is 457 g/mol. The Labute approximate surface area is 189 Å². The van der Waals surface area contributed by atoms with E-state index in [2.05, 4.69) is 16.0 Å². The SMILES string of the molecule is O=C(Cc1ccccc1)Nc1cccc(NC(=S)NC(=O)c2ccc(Cl)cc2Cl)c1. The fourth-order valence-electron chi connectivity index (χ4n) is 2.67. The van der Waals surface area contributed by atoms with Gasteiger partial charge in [0.1, 0.15) is 0 Å². The zero-order chi connectivity index (χ0) is 21.5. The van der Waals surface area contributed by atoms with Crippen molar-refractivity contribution in [3.63, 3.8) is 0 Å². The van der Waals surface area contributed by atoms with Gasteiger partial charge in [0, 0.05) is 16.4 Å². The van der Waals surface area contributed by atoms with Crippen molar-refractivity contribution in [1.82, 2.24) is 5.32 Å². The molecule has 0 unspecified atom stereocenters. The van der Waals surface area contributed by atoms with Crippen LogP contribution in [0.25, 0.3) is 0 Å². The molecule has 3 N–H and O–H groups in total. The number of nitrogens with one attached hydrogen (secondary N) is 3. The molecule has 0 saturated heterocycles. The molecule has 3 rings (SSSR count). The van der Waals surface area contributed by atoms with Crippen molar-refractivity contribution < 1.29 is 9.59 Å². The van der Waals surface area contributed by atoms with Crippen LogP contribution in [-0.4, -0.2) is 16.9 Å². The molecule has 0 bridgehead atoms. The van der Waals surface area contributed by atoms with Crippen LogP contribution in [0, 0.1) is 0 Å². The Bertz CT molecular complexity index is 1090. The van der Waals surface area contributed by atoms with Crippen LogP contribution in [0.2, 0.25) is 10.0 Å². The number of carbonyl (C=O) groups is 2. The molecule has 0 aliphatic carbocycles. The molecule has 5 nitrogen and oxygen atoms in total. The molecule has 0 aliphatic rings. The molecule has 2 amide bonds. The lowest BCUT2D eigenvalue weighted by molar-refractivity contribution is -0.115. The summed E-state index contributed by atoms with van der Waals surface area (Å²) in [4.78, 5) is 24.6. The maximum Gasteiger partial charge on any atom is 0.258 e. The summed E-state index contributed by atoms with van der Waals surface area (Å²) < 4.78 is 0. The Morgan fingerprint density at radius 1 is 0.833 bits per heavy atom. The molecule has 0 heterocycles. The van der Waals surface area contributed by atoms with E-state index in [0.717, 1.165) is 5.56 Å². The Kier molecular flexibility index (Phi) is 7.41. The van der Waals surface area contributed by atoms with Gasteiger partial charge in [0.15, 0.2) is 5.11 Å². The normalized spacial score (nSPS) is 10.2. The molecule has 8 heteroatoms. The standard InChI is InChI=1S/C22H17Cl2N3O2S/c23-15-9-10-18(19(24)12-15)21(29)27-22(30)26-17-8-4-7-16(13-17)25-20(28)11-14-5-2-1-3-6-14/h1-10,12-13H,11H2,(H,25,28)(H2,26,27,29,30). The van der Waals surface area contributed by atoms with E-state index in [9.17, 15) is 9.59 Å². The first-order valence-corrected chi connectivity index (χ1v) is 10.1. The summed E-state index contributed by atoms with van der Waals surface area (Å²) in [5, 5.41) is 9.08. The third kappa shape index (κ3) is 6.29. The van der Waals surface area contributed by atoms with Crippen LogP contribution in [0.5, 0.6) is 0 Å². The van der Waals surface area contributed by atoms with Crippen molar-refractivity contribution >= 4 is 63.7 Å². The molecule has 3 aromatic rings. The second-order valence-corrected chi connectivity index (χ2v) is 7.58. The number of halogens is 2. The van der Waals surface area contributed by atoms with E-state index in [1.54, 1.807) is 30.3 Å². The van der Waals surface area contributed by atoms with Crippen LogP contribution in [0.3, 0.4) is 0 Å². The van der Waals surface area contributed by atoms with Gasteiger partial charge in [0.05, 0.1) is 17.0 Å². The molecule has 152 valence electrons. The van der Waals surface area contributed by atoms with E-state index in [1.807, 2.05) is 30.3 Å². The van der Waals surface area contributed by atoms with Gasteiger partial charge >= 0.3 is 0 Å². The Hall–Kier alpha value is -2.93. The van der Waals surface area contributed by atoms with Gasteiger partial charge in [-0.15, -0.1) is 0 Å². The molecule has 0 radical (unpaired) electrons. The fraction of sp³-hybridized carbons (Fsp3) is 0.0455. The highest BCUT2D eigenvalue weighted by molar-refractivity contribution is 7.80. The van der Waals surface area contributed by atoms with E-state index in [-0.39, 0.29) is 28.0 Å². The van der Waals surface area contributed by atoms with Gasteiger partial charge < -0.3 is 10.6 Å². The minimum absolute atomic E-state index is 0.0961. The first-order valence-electron chi connectivity index (χ1n) is 8.92. The number of amides is 2. The second kappa shape index (κ2) is 10.2. The summed E-state index contributed by atoms with van der Waals surface area (Å²) in [5.74, 6) is -0.590. The third-order valence-electron chi connectivity index (χ3n) is 4.01. The molecule has 0 spiro atoms. The largest absolute Gasteiger partial charge is 0.332 e. The minimum Gasteiger partial charge on any atom is -0.332 e. The van der Waals surface area contributed by atoms with Gasteiger partial charge in [0.25, 0.3) is 5.91 Å². The average molecular weight is 458 g/mol. The molecule has 0 aliphatic heterocycles. The van der Waals surface area contributed by atoms with Crippen molar-refractivity contribution in [1.29, 1.82) is 0 Å². The van der Waals surface area contributed by atoms with Crippen LogP contribution in [-0.2, 0) is 11.2 Å². The van der Waals surface area contributed by atoms with Crippen LogP contribution in [0.1, 0.15) is 15.9 Å². The lowest BCUT2D eigenvalue weighted by Crippen LogP contribution is -2.34. The van der Waals surface area contributed by atoms with Crippen molar-refractivity contribution in [3.8, 4) is 0 Å². The maximum absolute atomic E-state index is 12.3. The molecule has 0 atom stereocenters. The van der Waals surface area contributed by atoms with Crippen LogP contribution in [0.4, 0.5) is 11.4 Å². The number of hydrogen-bond acceptors (Lipinski definition) is 3. The molecular formula is C22H17Cl2N3O2S. The van der Waals surface area contributed by atoms with Gasteiger partial charge in [0.2, 0.25) is 5.91 Å². The summed E-state index contributed by atoms with van der Waals surface area (Å²) in [5.41, 5.74) is 2.40. The minimum atomic E-state index is -0.457. The average Bonchev–Trinajstić information content (AvgIpc) is 2.68. The van der Waals surface area contributed by atoms with E-state index >= 15 is 0 Å². The van der Waals surface area contributed by atoms with E-state index in [1.165, 1.54) is 12.1 Å². The van der Waals surface area contributed by atoms with Gasteiger partial charge in [-0.1, -0.05) is 59.6 Å². The smallest absolute Gasteiger partial charge is 0.258 e. The summed E-state index contributed by atoms with van der Waals surface area (Å²) >= 11 is 17.1. The quantitative estimate of drug-likeness (QED) is 0.454. The number of carbonyl (C=O) groups excluding carboxylic acids is 2. The van der Waals surface area contributed by atoms with Gasteiger partial charge in [-0.3, -0.25) is 14.9 Å². The van der Waals surface area contributed by atoms with Crippen molar-refractivity contribution in [2.45, 2.75) is 6.42 Å². The third-order valence-corrected chi connectivity index (χ3v) is 4.77. The highest BCUT2D eigenvalue weighted by atomic mass is 35.5. The van der Waals surface area contributed by atoms with Crippen molar-refractivity contribution in [2.75, 3.05) is 10.6 Å². The molecule has 0 aromatic heterocycles. The summed E-state index contributed by atoms with van der Waals surface area (Å²) in [6.07, 6.45) is 0.273. The highest BCUT2D eigenvalue weighted by Gasteiger charge is 2.12. The number of benzene rings is 3. The molecule has 0 fully saturated rings. The van der Waals surface area contributed by atoms with Crippen LogP contribution < -0.4 is 16.0 Å². The molecule has 30 heavy (non-hydrogen) atoms. The predicted octanol–water partition coefficient (Wildman–Crippen LogP) is 5.30. The summed E-state index contributed by atoms with van der Waals surface area (Å²) in [6.45, 7) is 0. The second-order valence-electron chi connectivity index (χ2n) is 6.32. The van der Waals surface area contributed by atoms with E-state index < -0.39 is 5.91 Å². The Morgan fingerprint density at radius 3 is 2.23 bits per heavy atom. The summed E-state index contributed by atoms with van der Waals surface area (Å²) in [6, 6.07) is 21.1. The first kappa shape index (κ1) is 21.8. The fourth-order valence-corrected chi connectivity index (χ4v) is 3.37.